The highest BCUT2D eigenvalue weighted by molar-refractivity contribution is 8.13. The minimum Gasteiger partial charge on any atom is -0.387 e. The molecule has 5 atom stereocenters. The first kappa shape index (κ1) is 30.6. The molecule has 0 bridgehead atoms. The van der Waals surface area contributed by atoms with Crippen LogP contribution in [0.4, 0.5) is 0 Å². The van der Waals surface area contributed by atoms with Crippen LogP contribution in [0, 0.1) is 12.3 Å². The molecule has 1 aliphatic rings. The summed E-state index contributed by atoms with van der Waals surface area (Å²) in [5.41, 5.74) is 0.228. The van der Waals surface area contributed by atoms with Gasteiger partial charge in [-0.3, -0.25) is 18.4 Å². The van der Waals surface area contributed by atoms with Gasteiger partial charge in [-0.15, -0.1) is 0 Å². The van der Waals surface area contributed by atoms with E-state index in [1.807, 2.05) is 51.1 Å². The van der Waals surface area contributed by atoms with Gasteiger partial charge in [-0.1, -0.05) is 62.9 Å². The number of hydrogen-bond donors (Lipinski definition) is 3. The van der Waals surface area contributed by atoms with Crippen molar-refractivity contribution >= 4 is 24.6 Å². The maximum Gasteiger partial charge on any atom is 0.405 e. The van der Waals surface area contributed by atoms with Crippen LogP contribution < -0.4 is 10.8 Å². The predicted molar refractivity (Wildman–Crippen MR) is 143 cm³/mol. The van der Waals surface area contributed by atoms with Crippen LogP contribution >= 0.6 is 19.5 Å². The Balaban J connectivity index is 1.64. The maximum atomic E-state index is 13.6. The van der Waals surface area contributed by atoms with Crippen LogP contribution in [0.1, 0.15) is 44.7 Å². The number of aliphatic hydroxyl groups excluding tert-OH is 2. The van der Waals surface area contributed by atoms with Crippen LogP contribution in [-0.4, -0.2) is 62.2 Å². The molecule has 210 valence electrons. The molecule has 0 aliphatic carbocycles. The molecule has 3 rings (SSSR count). The summed E-state index contributed by atoms with van der Waals surface area (Å²) in [5, 5.41) is 23.8. The average Bonchev–Trinajstić information content (AvgIpc) is 3.18. The lowest BCUT2D eigenvalue weighted by Gasteiger charge is -2.23. The van der Waals surface area contributed by atoms with Gasteiger partial charge in [-0.2, -0.15) is 4.98 Å². The molecule has 2 aromatic rings. The smallest absolute Gasteiger partial charge is 0.387 e. The largest absolute Gasteiger partial charge is 0.405 e. The monoisotopic (exact) mass is 569 g/mol. The van der Waals surface area contributed by atoms with Gasteiger partial charge in [0.1, 0.15) is 18.3 Å². The zero-order valence-corrected chi connectivity index (χ0v) is 23.7. The number of hydrogen-bond acceptors (Lipinski definition) is 10. The normalized spacial score (nSPS) is 23.3. The van der Waals surface area contributed by atoms with Crippen LogP contribution in [0.2, 0.25) is 0 Å². The fraction of sp³-hybridized carbons (Fsp3) is 0.560. The first-order valence-corrected chi connectivity index (χ1v) is 14.9. The van der Waals surface area contributed by atoms with Crippen LogP contribution in [0.15, 0.2) is 47.4 Å². The first-order chi connectivity index (χ1) is 18.0. The van der Waals surface area contributed by atoms with Crippen molar-refractivity contribution in [1.29, 1.82) is 0 Å². The molecule has 1 unspecified atom stereocenters. The number of nitrogens with one attached hydrogen (secondary N) is 1. The summed E-state index contributed by atoms with van der Waals surface area (Å²) < 4.78 is 31.6. The number of aliphatic hydroxyl groups is 2. The number of thioether (sulfide) groups is 1. The van der Waals surface area contributed by atoms with Crippen molar-refractivity contribution in [2.75, 3.05) is 19.0 Å². The van der Waals surface area contributed by atoms with Crippen molar-refractivity contribution in [3.05, 3.63) is 64.3 Å². The van der Waals surface area contributed by atoms with Crippen molar-refractivity contribution in [2.45, 2.75) is 65.2 Å². The molecule has 3 N–H and O–H groups in total. The van der Waals surface area contributed by atoms with E-state index in [1.165, 1.54) is 6.20 Å². The Morgan fingerprint density at radius 3 is 2.58 bits per heavy atom. The molecular weight excluding hydrogens is 533 g/mol. The van der Waals surface area contributed by atoms with Crippen molar-refractivity contribution in [3.63, 3.8) is 0 Å². The lowest BCUT2D eigenvalue weighted by atomic mass is 9.92. The second-order valence-electron chi connectivity index (χ2n) is 9.63. The van der Waals surface area contributed by atoms with E-state index in [1.54, 1.807) is 13.0 Å². The zero-order valence-electron chi connectivity index (χ0n) is 22.0. The Hall–Kier alpha value is -1.89. The lowest BCUT2D eigenvalue weighted by molar-refractivity contribution is -0.118. The van der Waals surface area contributed by atoms with Gasteiger partial charge in [-0.25, -0.2) is 14.4 Å². The Morgan fingerprint density at radius 1 is 1.21 bits per heavy atom. The summed E-state index contributed by atoms with van der Waals surface area (Å²) in [6, 6.07) is 10.8. The lowest BCUT2D eigenvalue weighted by Crippen LogP contribution is -2.36. The van der Waals surface area contributed by atoms with Crippen LogP contribution in [0.25, 0.3) is 0 Å². The highest BCUT2D eigenvalue weighted by atomic mass is 32.2. The van der Waals surface area contributed by atoms with Crippen molar-refractivity contribution < 1.29 is 33.4 Å². The number of carbonyl (C=O) groups is 1. The number of aromatic nitrogens is 2. The second kappa shape index (κ2) is 13.5. The topological polar surface area (TPSA) is 149 Å². The summed E-state index contributed by atoms with van der Waals surface area (Å²) in [6.45, 7) is 7.09. The Morgan fingerprint density at radius 2 is 1.92 bits per heavy atom. The van der Waals surface area contributed by atoms with Gasteiger partial charge in [0, 0.05) is 29.6 Å². The number of nitrogens with zero attached hydrogens (tertiary/aromatic N) is 2. The highest BCUT2D eigenvalue weighted by Crippen LogP contribution is 2.45. The first-order valence-electron chi connectivity index (χ1n) is 12.4. The third-order valence-electron chi connectivity index (χ3n) is 6.32. The number of ether oxygens (including phenoxy) is 1. The van der Waals surface area contributed by atoms with E-state index in [0.717, 1.165) is 21.9 Å². The van der Waals surface area contributed by atoms with Crippen LogP contribution in [0.3, 0.4) is 0 Å². The van der Waals surface area contributed by atoms with Gasteiger partial charge in [0.15, 0.2) is 11.3 Å². The molecule has 11 nitrogen and oxygen atoms in total. The Kier molecular flexibility index (Phi) is 10.8. The number of rotatable bonds is 13. The van der Waals surface area contributed by atoms with E-state index < -0.39 is 50.0 Å². The minimum absolute atomic E-state index is 0.0138. The van der Waals surface area contributed by atoms with E-state index >= 15 is 0 Å². The minimum atomic E-state index is -3.93. The summed E-state index contributed by atoms with van der Waals surface area (Å²) in [6.07, 6.45) is -3.03. The molecule has 1 aromatic carbocycles. The predicted octanol–water partition coefficient (Wildman–Crippen LogP) is 2.80. The molecule has 1 aliphatic heterocycles. The van der Waals surface area contributed by atoms with Crippen LogP contribution in [0.5, 0.6) is 0 Å². The highest BCUT2D eigenvalue weighted by Gasteiger charge is 2.45. The van der Waals surface area contributed by atoms with Gasteiger partial charge in [-0.05, 0) is 25.0 Å². The van der Waals surface area contributed by atoms with Crippen molar-refractivity contribution in [2.24, 2.45) is 5.41 Å². The summed E-state index contributed by atoms with van der Waals surface area (Å²) >= 11 is 1.10. The number of aryl methyl sites for hydroxylation is 1. The molecule has 1 aromatic heterocycles. The van der Waals surface area contributed by atoms with Crippen LogP contribution in [-0.2, 0) is 29.7 Å². The van der Waals surface area contributed by atoms with E-state index in [0.29, 0.717) is 12.1 Å². The third-order valence-corrected chi connectivity index (χ3v) is 9.07. The summed E-state index contributed by atoms with van der Waals surface area (Å²) in [4.78, 5) is 28.4. The standard InChI is InChI=1S/C25H36N3O8PS/c1-5-25(3,4)23(31)38-14-13-34-37(33,26-15-18-9-7-6-8-10-18)35-16-19-20(29)21(30)22(36-19)28-12-11-17(2)27-24(28)32/h6-12,19-22,29-30H,5,13-16H2,1-4H3,(H,26,33)/t19-,20-,21+,22-,37?/m1/s1. The molecule has 0 amide bonds. The zero-order chi connectivity index (χ0) is 27.9. The molecule has 38 heavy (non-hydrogen) atoms. The van der Waals surface area contributed by atoms with Gasteiger partial charge in [0.2, 0.25) is 0 Å². The number of benzene rings is 1. The van der Waals surface area contributed by atoms with Gasteiger partial charge in [0.25, 0.3) is 0 Å². The van der Waals surface area contributed by atoms with Gasteiger partial charge < -0.3 is 14.9 Å². The van der Waals surface area contributed by atoms with Crippen molar-refractivity contribution in [1.82, 2.24) is 14.6 Å². The molecule has 13 heteroatoms. The fourth-order valence-electron chi connectivity index (χ4n) is 3.50. The molecule has 2 heterocycles. The van der Waals surface area contributed by atoms with Gasteiger partial charge >= 0.3 is 13.4 Å². The Bertz CT molecular complexity index is 1180. The molecule has 0 saturated carbocycles. The van der Waals surface area contributed by atoms with E-state index in [2.05, 4.69) is 10.1 Å². The molecule has 1 saturated heterocycles. The number of carbonyl (C=O) groups excluding carboxylic acids is 1. The SMILES string of the molecule is CCC(C)(C)C(=O)SCCOP(=O)(NCc1ccccc1)OC[C@H]1O[C@@H](n2ccc(C)nc2=O)[C@@H](O)[C@@H]1O. The molecular formula is C25H36N3O8PS. The summed E-state index contributed by atoms with van der Waals surface area (Å²) in [5.74, 6) is 0.273. The molecule has 0 spiro atoms. The van der Waals surface area contributed by atoms with E-state index in [9.17, 15) is 24.4 Å². The van der Waals surface area contributed by atoms with E-state index in [4.69, 9.17) is 13.8 Å². The molecule has 0 radical (unpaired) electrons. The average molecular weight is 570 g/mol. The van der Waals surface area contributed by atoms with Gasteiger partial charge in [0.05, 0.1) is 13.2 Å². The molecule has 1 fully saturated rings. The summed E-state index contributed by atoms with van der Waals surface area (Å²) in [7, 11) is -3.93. The van der Waals surface area contributed by atoms with E-state index in [-0.39, 0.29) is 24.0 Å². The Labute approximate surface area is 226 Å². The quantitative estimate of drug-likeness (QED) is 0.241. The maximum absolute atomic E-state index is 13.6. The third kappa shape index (κ3) is 8.06. The fourth-order valence-corrected chi connectivity index (χ4v) is 5.82. The second-order valence-corrected chi connectivity index (χ2v) is 12.5. The van der Waals surface area contributed by atoms with Crippen molar-refractivity contribution in [3.8, 4) is 0 Å².